The molecule has 8 heteroatoms. The van der Waals surface area contributed by atoms with Crippen molar-refractivity contribution in [3.8, 4) is 11.5 Å². The number of aryl methyl sites for hydroxylation is 1. The van der Waals surface area contributed by atoms with Crippen molar-refractivity contribution in [1.29, 1.82) is 0 Å². The Kier molecular flexibility index (Phi) is 7.04. The van der Waals surface area contributed by atoms with Crippen molar-refractivity contribution in [2.75, 3.05) is 24.4 Å². The van der Waals surface area contributed by atoms with Crippen LogP contribution >= 0.6 is 0 Å². The van der Waals surface area contributed by atoms with Gasteiger partial charge in [0, 0.05) is 5.69 Å². The maximum absolute atomic E-state index is 13.7. The summed E-state index contributed by atoms with van der Waals surface area (Å²) in [5, 5.41) is 3.64. The normalized spacial score (nSPS) is 11.3. The monoisotopic (exact) mass is 506 g/mol. The SMILES string of the molecule is COc1ccc(NC(=O)N(c2ccc(OC)cc2)c2nc3ccccc3c(=Nc3ccc(C)cc3)o2)cc1. The molecule has 0 aliphatic heterocycles. The molecule has 0 spiro atoms. The molecule has 0 atom stereocenters. The van der Waals surface area contributed by atoms with E-state index in [0.717, 1.165) is 16.6 Å². The first-order valence-electron chi connectivity index (χ1n) is 11.9. The Labute approximate surface area is 219 Å². The number of nitrogens with zero attached hydrogens (tertiary/aromatic N) is 3. The topological polar surface area (TPSA) is 89.2 Å². The first-order valence-corrected chi connectivity index (χ1v) is 11.9. The molecule has 1 N–H and O–H groups in total. The molecule has 1 heterocycles. The number of nitrogens with one attached hydrogen (secondary N) is 1. The Morgan fingerprint density at radius 3 is 2.13 bits per heavy atom. The second-order valence-electron chi connectivity index (χ2n) is 8.46. The van der Waals surface area contributed by atoms with E-state index in [1.54, 1.807) is 62.8 Å². The molecule has 0 radical (unpaired) electrons. The van der Waals surface area contributed by atoms with Crippen LogP contribution in [0, 0.1) is 6.92 Å². The van der Waals surface area contributed by atoms with Gasteiger partial charge in [0.15, 0.2) is 0 Å². The molecule has 5 aromatic rings. The van der Waals surface area contributed by atoms with E-state index in [1.165, 1.54) is 4.90 Å². The van der Waals surface area contributed by atoms with E-state index in [-0.39, 0.29) is 6.01 Å². The molecule has 0 bridgehead atoms. The zero-order valence-corrected chi connectivity index (χ0v) is 21.2. The second-order valence-corrected chi connectivity index (χ2v) is 8.46. The minimum atomic E-state index is -0.465. The molecule has 0 unspecified atom stereocenters. The Morgan fingerprint density at radius 1 is 0.842 bits per heavy atom. The number of anilines is 3. The van der Waals surface area contributed by atoms with Gasteiger partial charge in [0.25, 0.3) is 0 Å². The van der Waals surface area contributed by atoms with Gasteiger partial charge < -0.3 is 19.2 Å². The van der Waals surface area contributed by atoms with E-state index in [2.05, 4.69) is 10.3 Å². The number of amides is 2. The predicted molar refractivity (Wildman–Crippen MR) is 148 cm³/mol. The zero-order valence-electron chi connectivity index (χ0n) is 21.2. The standard InChI is InChI=1S/C30H26N4O4/c1-20-8-10-21(11-9-20)31-28-26-6-4-5-7-27(26)33-30(38-28)34(23-14-18-25(37-3)19-15-23)29(35)32-22-12-16-24(36-2)17-13-22/h4-19H,1-3H3,(H,32,35). The van der Waals surface area contributed by atoms with Crippen LogP contribution in [-0.4, -0.2) is 25.2 Å². The number of hydrogen-bond donors (Lipinski definition) is 1. The highest BCUT2D eigenvalue weighted by molar-refractivity contribution is 6.06. The number of para-hydroxylation sites is 1. The van der Waals surface area contributed by atoms with Crippen LogP contribution in [0.1, 0.15) is 5.56 Å². The third-order valence-electron chi connectivity index (χ3n) is 5.87. The maximum atomic E-state index is 13.7. The summed E-state index contributed by atoms with van der Waals surface area (Å²) < 4.78 is 16.7. The van der Waals surface area contributed by atoms with Crippen LogP contribution in [0.3, 0.4) is 0 Å². The van der Waals surface area contributed by atoms with Crippen molar-refractivity contribution in [2.45, 2.75) is 6.92 Å². The molecule has 0 saturated carbocycles. The van der Waals surface area contributed by atoms with E-state index in [1.807, 2.05) is 55.5 Å². The summed E-state index contributed by atoms with van der Waals surface area (Å²) >= 11 is 0. The minimum Gasteiger partial charge on any atom is -0.497 e. The molecule has 2 amide bonds. The quantitative estimate of drug-likeness (QED) is 0.275. The van der Waals surface area contributed by atoms with Crippen molar-refractivity contribution >= 4 is 40.0 Å². The van der Waals surface area contributed by atoms with Crippen molar-refractivity contribution < 1.29 is 18.7 Å². The highest BCUT2D eigenvalue weighted by Gasteiger charge is 2.23. The molecular formula is C30H26N4O4. The molecule has 190 valence electrons. The lowest BCUT2D eigenvalue weighted by molar-refractivity contribution is 0.257. The van der Waals surface area contributed by atoms with Crippen LogP contribution in [0.2, 0.25) is 0 Å². The fourth-order valence-corrected chi connectivity index (χ4v) is 3.83. The summed E-state index contributed by atoms with van der Waals surface area (Å²) in [5.41, 5.74) is 3.94. The van der Waals surface area contributed by atoms with Gasteiger partial charge in [0.05, 0.1) is 36.5 Å². The highest BCUT2D eigenvalue weighted by Crippen LogP contribution is 2.28. The fraction of sp³-hybridized carbons (Fsp3) is 0.100. The molecule has 5 rings (SSSR count). The molecule has 0 aliphatic rings. The maximum Gasteiger partial charge on any atom is 0.334 e. The van der Waals surface area contributed by atoms with E-state index < -0.39 is 6.03 Å². The third-order valence-corrected chi connectivity index (χ3v) is 5.87. The zero-order chi connectivity index (χ0) is 26.5. The number of methoxy groups -OCH3 is 2. The lowest BCUT2D eigenvalue weighted by Crippen LogP contribution is -2.32. The number of hydrogen-bond acceptors (Lipinski definition) is 6. The highest BCUT2D eigenvalue weighted by atomic mass is 16.5. The summed E-state index contributed by atoms with van der Waals surface area (Å²) in [7, 11) is 3.17. The molecule has 4 aromatic carbocycles. The minimum absolute atomic E-state index is 0.0609. The van der Waals surface area contributed by atoms with Gasteiger partial charge in [-0.3, -0.25) is 0 Å². The van der Waals surface area contributed by atoms with Crippen molar-refractivity contribution in [3.63, 3.8) is 0 Å². The average molecular weight is 507 g/mol. The van der Waals surface area contributed by atoms with Gasteiger partial charge in [-0.25, -0.2) is 14.7 Å². The molecule has 0 saturated heterocycles. The van der Waals surface area contributed by atoms with Crippen molar-refractivity contribution in [2.24, 2.45) is 4.99 Å². The summed E-state index contributed by atoms with van der Waals surface area (Å²) in [5.74, 6) is 1.34. The molecule has 0 fully saturated rings. The van der Waals surface area contributed by atoms with Crippen LogP contribution in [0.25, 0.3) is 10.9 Å². The Bertz CT molecular complexity index is 1630. The second kappa shape index (κ2) is 10.9. The number of carbonyl (C=O) groups is 1. The van der Waals surface area contributed by atoms with Gasteiger partial charge in [-0.2, -0.15) is 4.98 Å². The fourth-order valence-electron chi connectivity index (χ4n) is 3.83. The summed E-state index contributed by atoms with van der Waals surface area (Å²) in [6.07, 6.45) is 0. The molecule has 8 nitrogen and oxygen atoms in total. The number of benzene rings is 4. The van der Waals surface area contributed by atoms with Crippen LogP contribution in [0.4, 0.5) is 27.9 Å². The summed E-state index contributed by atoms with van der Waals surface area (Å²) in [6.45, 7) is 2.02. The molecule has 0 aliphatic carbocycles. The smallest absolute Gasteiger partial charge is 0.334 e. The lowest BCUT2D eigenvalue weighted by atomic mass is 10.2. The van der Waals surface area contributed by atoms with Gasteiger partial charge in [-0.15, -0.1) is 0 Å². The average Bonchev–Trinajstić information content (AvgIpc) is 2.95. The first-order chi connectivity index (χ1) is 18.5. The van der Waals surface area contributed by atoms with Gasteiger partial charge in [0.2, 0.25) is 5.55 Å². The van der Waals surface area contributed by atoms with E-state index in [0.29, 0.717) is 33.9 Å². The molecular weight excluding hydrogens is 480 g/mol. The number of ether oxygens (including phenoxy) is 2. The third kappa shape index (κ3) is 5.34. The Morgan fingerprint density at radius 2 is 1.47 bits per heavy atom. The van der Waals surface area contributed by atoms with Gasteiger partial charge in [-0.05, 0) is 79.7 Å². The van der Waals surface area contributed by atoms with Crippen LogP contribution in [0.15, 0.2) is 106 Å². The van der Waals surface area contributed by atoms with Crippen LogP contribution in [0.5, 0.6) is 11.5 Å². The van der Waals surface area contributed by atoms with E-state index in [4.69, 9.17) is 18.9 Å². The van der Waals surface area contributed by atoms with Gasteiger partial charge >= 0.3 is 12.0 Å². The summed E-state index contributed by atoms with van der Waals surface area (Å²) in [4.78, 5) is 24.5. The van der Waals surface area contributed by atoms with Gasteiger partial charge in [-0.1, -0.05) is 29.8 Å². The van der Waals surface area contributed by atoms with E-state index in [9.17, 15) is 4.79 Å². The first kappa shape index (κ1) is 24.6. The molecule has 38 heavy (non-hydrogen) atoms. The predicted octanol–water partition coefficient (Wildman–Crippen LogP) is 6.76. The van der Waals surface area contributed by atoms with Crippen molar-refractivity contribution in [3.05, 3.63) is 108 Å². The number of aromatic nitrogens is 1. The van der Waals surface area contributed by atoms with Crippen LogP contribution < -0.4 is 25.2 Å². The largest absolute Gasteiger partial charge is 0.497 e. The number of carbonyl (C=O) groups excluding carboxylic acids is 1. The number of fused-ring (bicyclic) bond motifs is 1. The Hall–Kier alpha value is -5.11. The summed E-state index contributed by atoms with van der Waals surface area (Å²) in [6, 6.07) is 29.0. The lowest BCUT2D eigenvalue weighted by Gasteiger charge is -2.21. The Balaban J connectivity index is 1.64. The number of urea groups is 1. The molecule has 1 aromatic heterocycles. The van der Waals surface area contributed by atoms with Crippen LogP contribution in [-0.2, 0) is 0 Å². The number of rotatable bonds is 6. The van der Waals surface area contributed by atoms with E-state index >= 15 is 0 Å². The van der Waals surface area contributed by atoms with Gasteiger partial charge in [0.1, 0.15) is 11.5 Å². The van der Waals surface area contributed by atoms with Crippen molar-refractivity contribution in [1.82, 2.24) is 4.98 Å².